The fourth-order valence-corrected chi connectivity index (χ4v) is 1.24. The maximum Gasteiger partial charge on any atom is 0.573 e. The summed E-state index contributed by atoms with van der Waals surface area (Å²) in [6.07, 6.45) is -4.80. The number of halogens is 3. The smallest absolute Gasteiger partial charge is 0.463 e. The van der Waals surface area contributed by atoms with Gasteiger partial charge in [-0.15, -0.1) is 13.2 Å². The SMILES string of the molecule is COC(=O)/C(N)=N/c1cccc(OC(F)(F)F)c1C. The molecule has 1 aromatic rings. The molecule has 0 spiro atoms. The van der Waals surface area contributed by atoms with Crippen molar-refractivity contribution in [2.24, 2.45) is 10.7 Å². The van der Waals surface area contributed by atoms with Gasteiger partial charge in [-0.2, -0.15) is 0 Å². The Morgan fingerprint density at radius 1 is 1.37 bits per heavy atom. The molecule has 1 rings (SSSR count). The second-order valence-electron chi connectivity index (χ2n) is 3.44. The van der Waals surface area contributed by atoms with Crippen molar-refractivity contribution in [3.8, 4) is 5.75 Å². The third kappa shape index (κ3) is 4.16. The Kier molecular flexibility index (Phi) is 4.36. The van der Waals surface area contributed by atoms with Gasteiger partial charge in [0.15, 0.2) is 0 Å². The Morgan fingerprint density at radius 2 is 2.00 bits per heavy atom. The largest absolute Gasteiger partial charge is 0.573 e. The Balaban J connectivity index is 3.11. The second-order valence-corrected chi connectivity index (χ2v) is 3.44. The minimum atomic E-state index is -4.80. The third-order valence-electron chi connectivity index (χ3n) is 2.12. The lowest BCUT2D eigenvalue weighted by atomic mass is 10.2. The lowest BCUT2D eigenvalue weighted by molar-refractivity contribution is -0.274. The fourth-order valence-electron chi connectivity index (χ4n) is 1.24. The number of nitrogens with two attached hydrogens (primary N) is 1. The fraction of sp³-hybridized carbons (Fsp3) is 0.273. The van der Waals surface area contributed by atoms with Crippen LogP contribution in [0.15, 0.2) is 23.2 Å². The second kappa shape index (κ2) is 5.59. The van der Waals surface area contributed by atoms with E-state index < -0.39 is 23.9 Å². The Morgan fingerprint density at radius 3 is 2.53 bits per heavy atom. The van der Waals surface area contributed by atoms with E-state index in [2.05, 4.69) is 14.5 Å². The van der Waals surface area contributed by atoms with E-state index in [1.165, 1.54) is 19.1 Å². The highest BCUT2D eigenvalue weighted by atomic mass is 19.4. The van der Waals surface area contributed by atoms with Gasteiger partial charge in [0.2, 0.25) is 5.84 Å². The van der Waals surface area contributed by atoms with Gasteiger partial charge in [0.25, 0.3) is 0 Å². The average molecular weight is 276 g/mol. The van der Waals surface area contributed by atoms with Crippen molar-refractivity contribution in [1.82, 2.24) is 0 Å². The van der Waals surface area contributed by atoms with E-state index >= 15 is 0 Å². The van der Waals surface area contributed by atoms with Crippen molar-refractivity contribution >= 4 is 17.5 Å². The number of alkyl halides is 3. The molecule has 0 saturated carbocycles. The van der Waals surface area contributed by atoms with Gasteiger partial charge in [-0.05, 0) is 19.1 Å². The number of hydrogen-bond donors (Lipinski definition) is 1. The van der Waals surface area contributed by atoms with Gasteiger partial charge >= 0.3 is 12.3 Å². The standard InChI is InChI=1S/C11H11F3N2O3/c1-6-7(16-9(15)10(17)18-2)4-3-5-8(6)19-11(12,13)14/h3-5H,1-2H3,(H2,15,16). The van der Waals surface area contributed by atoms with E-state index in [1.807, 2.05) is 0 Å². The normalized spacial score (nSPS) is 12.2. The van der Waals surface area contributed by atoms with Gasteiger partial charge in [0.05, 0.1) is 12.8 Å². The molecule has 0 aliphatic heterocycles. The zero-order chi connectivity index (χ0) is 14.6. The lowest BCUT2D eigenvalue weighted by Gasteiger charge is -2.12. The van der Waals surface area contributed by atoms with Crippen LogP contribution in [-0.4, -0.2) is 25.3 Å². The molecule has 0 unspecified atom stereocenters. The van der Waals surface area contributed by atoms with Crippen LogP contribution in [0.2, 0.25) is 0 Å². The summed E-state index contributed by atoms with van der Waals surface area (Å²) < 4.78 is 44.6. The van der Waals surface area contributed by atoms with Crippen LogP contribution in [0.5, 0.6) is 5.75 Å². The van der Waals surface area contributed by atoms with Crippen LogP contribution in [0.1, 0.15) is 5.56 Å². The molecular weight excluding hydrogens is 265 g/mol. The lowest BCUT2D eigenvalue weighted by Crippen LogP contribution is -2.24. The van der Waals surface area contributed by atoms with E-state index in [0.717, 1.165) is 13.2 Å². The van der Waals surface area contributed by atoms with Gasteiger partial charge in [-0.1, -0.05) is 6.07 Å². The Labute approximate surface area is 106 Å². The molecular formula is C11H11F3N2O3. The van der Waals surface area contributed by atoms with Gasteiger partial charge in [-0.25, -0.2) is 9.79 Å². The van der Waals surface area contributed by atoms with Crippen molar-refractivity contribution in [2.45, 2.75) is 13.3 Å². The van der Waals surface area contributed by atoms with Crippen LogP contribution in [0.3, 0.4) is 0 Å². The molecule has 8 heteroatoms. The molecule has 2 N–H and O–H groups in total. The first-order valence-electron chi connectivity index (χ1n) is 5.02. The predicted molar refractivity (Wildman–Crippen MR) is 61.2 cm³/mol. The summed E-state index contributed by atoms with van der Waals surface area (Å²) in [4.78, 5) is 14.7. The maximum absolute atomic E-state index is 12.1. The molecule has 0 fully saturated rings. The minimum absolute atomic E-state index is 0.0876. The highest BCUT2D eigenvalue weighted by Gasteiger charge is 2.32. The predicted octanol–water partition coefficient (Wildman–Crippen LogP) is 2.06. The van der Waals surface area contributed by atoms with Gasteiger partial charge in [0.1, 0.15) is 5.75 Å². The number of methoxy groups -OCH3 is 1. The molecule has 1 aromatic carbocycles. The highest BCUT2D eigenvalue weighted by Crippen LogP contribution is 2.31. The van der Waals surface area contributed by atoms with Crippen LogP contribution >= 0.6 is 0 Å². The number of carbonyl (C=O) groups is 1. The molecule has 0 bridgehead atoms. The zero-order valence-electron chi connectivity index (χ0n) is 10.1. The van der Waals surface area contributed by atoms with Crippen LogP contribution < -0.4 is 10.5 Å². The van der Waals surface area contributed by atoms with E-state index in [1.54, 1.807) is 0 Å². The molecule has 0 aliphatic rings. The number of ether oxygens (including phenoxy) is 2. The van der Waals surface area contributed by atoms with E-state index in [-0.39, 0.29) is 11.3 Å². The summed E-state index contributed by atoms with van der Waals surface area (Å²) in [7, 11) is 1.11. The molecule has 5 nitrogen and oxygen atoms in total. The molecule has 104 valence electrons. The number of benzene rings is 1. The van der Waals surface area contributed by atoms with Gasteiger partial charge in [0, 0.05) is 5.56 Å². The van der Waals surface area contributed by atoms with Crippen LogP contribution in [0.4, 0.5) is 18.9 Å². The average Bonchev–Trinajstić information content (AvgIpc) is 2.31. The van der Waals surface area contributed by atoms with Crippen molar-refractivity contribution in [3.05, 3.63) is 23.8 Å². The monoisotopic (exact) mass is 276 g/mol. The van der Waals surface area contributed by atoms with Crippen molar-refractivity contribution in [3.63, 3.8) is 0 Å². The maximum atomic E-state index is 12.1. The number of aliphatic imine (C=N–C) groups is 1. The first-order chi connectivity index (χ1) is 8.74. The number of rotatable bonds is 2. The topological polar surface area (TPSA) is 73.9 Å². The number of esters is 1. The van der Waals surface area contributed by atoms with E-state index in [0.29, 0.717) is 0 Å². The molecule has 0 atom stereocenters. The zero-order valence-corrected chi connectivity index (χ0v) is 10.1. The van der Waals surface area contributed by atoms with Crippen LogP contribution in [0, 0.1) is 6.92 Å². The summed E-state index contributed by atoms with van der Waals surface area (Å²) in [5.41, 5.74) is 5.51. The van der Waals surface area contributed by atoms with Gasteiger partial charge < -0.3 is 15.2 Å². The van der Waals surface area contributed by atoms with Crippen LogP contribution in [-0.2, 0) is 9.53 Å². The summed E-state index contributed by atoms with van der Waals surface area (Å²) in [6, 6.07) is 3.84. The number of hydrogen-bond acceptors (Lipinski definition) is 4. The summed E-state index contributed by atoms with van der Waals surface area (Å²) >= 11 is 0. The number of amidine groups is 1. The molecule has 0 aliphatic carbocycles. The third-order valence-corrected chi connectivity index (χ3v) is 2.12. The van der Waals surface area contributed by atoms with Crippen molar-refractivity contribution < 1.29 is 27.4 Å². The number of carbonyl (C=O) groups excluding carboxylic acids is 1. The summed E-state index contributed by atoms with van der Waals surface area (Å²) in [6.45, 7) is 1.37. The van der Waals surface area contributed by atoms with Crippen LogP contribution in [0.25, 0.3) is 0 Å². The highest BCUT2D eigenvalue weighted by molar-refractivity contribution is 6.35. The first kappa shape index (κ1) is 14.8. The molecule has 0 radical (unpaired) electrons. The minimum Gasteiger partial charge on any atom is -0.463 e. The quantitative estimate of drug-likeness (QED) is 0.509. The Hall–Kier alpha value is -2.25. The van der Waals surface area contributed by atoms with Gasteiger partial charge in [-0.3, -0.25) is 0 Å². The number of nitrogens with zero attached hydrogens (tertiary/aromatic N) is 1. The van der Waals surface area contributed by atoms with E-state index in [4.69, 9.17) is 5.73 Å². The molecule has 0 saturated heterocycles. The summed E-state index contributed by atoms with van der Waals surface area (Å²) in [5.74, 6) is -1.75. The molecule has 0 amide bonds. The molecule has 19 heavy (non-hydrogen) atoms. The van der Waals surface area contributed by atoms with E-state index in [9.17, 15) is 18.0 Å². The van der Waals surface area contributed by atoms with Crippen molar-refractivity contribution in [2.75, 3.05) is 7.11 Å². The molecule has 0 aromatic heterocycles. The molecule has 0 heterocycles. The first-order valence-corrected chi connectivity index (χ1v) is 5.02. The van der Waals surface area contributed by atoms with Crippen molar-refractivity contribution in [1.29, 1.82) is 0 Å². The summed E-state index contributed by atoms with van der Waals surface area (Å²) in [5, 5.41) is 0. The Bertz CT molecular complexity index is 512.